The zero-order valence-corrected chi connectivity index (χ0v) is 8.76. The second-order valence-electron chi connectivity index (χ2n) is 4.36. The maximum absolute atomic E-state index is 11.3. The van der Waals surface area contributed by atoms with Crippen LogP contribution in [0.25, 0.3) is 0 Å². The van der Waals surface area contributed by atoms with E-state index in [1.54, 1.807) is 20.8 Å². The molecule has 0 heterocycles. The Kier molecular flexibility index (Phi) is 2.68. The lowest BCUT2D eigenvalue weighted by atomic mass is 10.1. The van der Waals surface area contributed by atoms with Crippen molar-refractivity contribution in [3.05, 3.63) is 0 Å². The summed E-state index contributed by atoms with van der Waals surface area (Å²) in [5.41, 5.74) is -2.06. The number of amides is 1. The van der Waals surface area contributed by atoms with Crippen LogP contribution in [0.4, 0.5) is 4.79 Å². The van der Waals surface area contributed by atoms with E-state index in [1.165, 1.54) is 13.8 Å². The lowest BCUT2D eigenvalue weighted by Crippen LogP contribution is -2.48. The Hall–Kier alpha value is -0.770. The fourth-order valence-corrected chi connectivity index (χ4v) is 0.587. The molecule has 0 aromatic carbocycles. The van der Waals surface area contributed by atoms with Crippen LogP contribution in [0.2, 0.25) is 0 Å². The Morgan fingerprint density at radius 1 is 1.46 bits per heavy atom. The van der Waals surface area contributed by atoms with Gasteiger partial charge in [0.2, 0.25) is 0 Å². The smallest absolute Gasteiger partial charge is 0.408 e. The minimum Gasteiger partial charge on any atom is -0.444 e. The fourth-order valence-electron chi connectivity index (χ4n) is 0.587. The molecule has 4 nitrogen and oxygen atoms in total. The molecule has 0 saturated carbocycles. The molecule has 0 aliphatic heterocycles. The van der Waals surface area contributed by atoms with E-state index in [0.29, 0.717) is 0 Å². The summed E-state index contributed by atoms with van der Waals surface area (Å²) in [6.07, 6.45) is -0.759. The van der Waals surface area contributed by atoms with Gasteiger partial charge in [0, 0.05) is 0 Å². The standard InChI is InChI=1S/C9H19NO3/c1-8(2,3)13-7(12)10-9(4,5)6-11/h11H,6H2,1-5H3,(H,10,12)/i6D2. The Bertz CT molecular complexity index is 241. The highest BCUT2D eigenvalue weighted by molar-refractivity contribution is 5.68. The van der Waals surface area contributed by atoms with Crippen molar-refractivity contribution in [3.8, 4) is 0 Å². The zero-order valence-electron chi connectivity index (χ0n) is 10.8. The maximum atomic E-state index is 11.3. The van der Waals surface area contributed by atoms with Gasteiger partial charge in [0.1, 0.15) is 5.60 Å². The van der Waals surface area contributed by atoms with Gasteiger partial charge in [-0.3, -0.25) is 0 Å². The van der Waals surface area contributed by atoms with Gasteiger partial charge in [0.25, 0.3) is 0 Å². The first-order valence-electron chi connectivity index (χ1n) is 5.09. The number of nitrogens with one attached hydrogen (secondary N) is 1. The number of hydrogen-bond acceptors (Lipinski definition) is 3. The summed E-state index contributed by atoms with van der Waals surface area (Å²) in [4.78, 5) is 11.3. The molecule has 0 radical (unpaired) electrons. The SMILES string of the molecule is [2H]C([2H])(O)C(C)(C)NC(=O)OC(C)(C)C. The fraction of sp³-hybridized carbons (Fsp3) is 0.889. The predicted octanol–water partition coefficient (Wildman–Crippen LogP) is 1.28. The van der Waals surface area contributed by atoms with Crippen molar-refractivity contribution in [3.63, 3.8) is 0 Å². The van der Waals surface area contributed by atoms with Crippen LogP contribution in [-0.2, 0) is 4.74 Å². The van der Waals surface area contributed by atoms with Crippen LogP contribution >= 0.6 is 0 Å². The Morgan fingerprint density at radius 3 is 2.23 bits per heavy atom. The number of carbonyl (C=O) groups excluding carboxylic acids is 1. The number of rotatable bonds is 2. The monoisotopic (exact) mass is 191 g/mol. The largest absolute Gasteiger partial charge is 0.444 e. The molecule has 2 N–H and O–H groups in total. The molecule has 0 rings (SSSR count). The third kappa shape index (κ3) is 6.40. The number of ether oxygens (including phenoxy) is 1. The number of alkyl carbamates (subject to hydrolysis) is 1. The van der Waals surface area contributed by atoms with Crippen LogP contribution in [0, 0.1) is 0 Å². The third-order valence-electron chi connectivity index (χ3n) is 1.09. The summed E-state index contributed by atoms with van der Waals surface area (Å²) in [5.74, 6) is 0. The topological polar surface area (TPSA) is 58.6 Å². The first-order chi connectivity index (χ1) is 6.35. The van der Waals surface area contributed by atoms with Crippen molar-refractivity contribution in [2.45, 2.75) is 45.8 Å². The molecule has 0 atom stereocenters. The van der Waals surface area contributed by atoms with Crippen molar-refractivity contribution >= 4 is 6.09 Å². The van der Waals surface area contributed by atoms with Gasteiger partial charge >= 0.3 is 6.09 Å². The molecule has 0 aromatic rings. The third-order valence-corrected chi connectivity index (χ3v) is 1.09. The molecule has 0 aliphatic rings. The first-order valence-corrected chi connectivity index (χ1v) is 4.09. The second kappa shape index (κ2) is 3.96. The van der Waals surface area contributed by atoms with Gasteiger partial charge in [-0.25, -0.2) is 4.79 Å². The van der Waals surface area contributed by atoms with Crippen molar-refractivity contribution in [1.82, 2.24) is 5.32 Å². The molecule has 78 valence electrons. The molecule has 0 unspecified atom stereocenters. The van der Waals surface area contributed by atoms with Gasteiger partial charge < -0.3 is 15.2 Å². The van der Waals surface area contributed by atoms with E-state index in [0.717, 1.165) is 0 Å². The molecular weight excluding hydrogens is 170 g/mol. The normalized spacial score (nSPS) is 15.8. The molecule has 0 bridgehead atoms. The number of hydrogen-bond donors (Lipinski definition) is 2. The van der Waals surface area contributed by atoms with Gasteiger partial charge in [0.05, 0.1) is 14.8 Å². The van der Waals surface area contributed by atoms with E-state index in [4.69, 9.17) is 12.6 Å². The number of carbonyl (C=O) groups is 1. The van der Waals surface area contributed by atoms with Gasteiger partial charge in [-0.2, -0.15) is 0 Å². The summed E-state index contributed by atoms with van der Waals surface area (Å²) in [6, 6.07) is 0. The molecule has 13 heavy (non-hydrogen) atoms. The summed E-state index contributed by atoms with van der Waals surface area (Å²) in [6.45, 7) is 5.34. The zero-order chi connectivity index (χ0) is 12.5. The van der Waals surface area contributed by atoms with Crippen molar-refractivity contribution < 1.29 is 17.4 Å². The maximum Gasteiger partial charge on any atom is 0.408 e. The summed E-state index contributed by atoms with van der Waals surface area (Å²) < 4.78 is 19.2. The Balaban J connectivity index is 4.43. The van der Waals surface area contributed by atoms with E-state index in [-0.39, 0.29) is 0 Å². The molecule has 0 aromatic heterocycles. The average molecular weight is 191 g/mol. The molecule has 0 saturated heterocycles. The van der Waals surface area contributed by atoms with E-state index in [9.17, 15) is 4.79 Å². The van der Waals surface area contributed by atoms with Crippen LogP contribution in [-0.4, -0.2) is 28.9 Å². The van der Waals surface area contributed by atoms with E-state index in [2.05, 4.69) is 5.32 Å². The predicted molar refractivity (Wildman–Crippen MR) is 50.5 cm³/mol. The van der Waals surface area contributed by atoms with Crippen LogP contribution < -0.4 is 5.32 Å². The highest BCUT2D eigenvalue weighted by Gasteiger charge is 2.23. The van der Waals surface area contributed by atoms with Gasteiger partial charge in [-0.15, -0.1) is 0 Å². The van der Waals surface area contributed by atoms with Crippen LogP contribution in [0.1, 0.15) is 37.4 Å². The van der Waals surface area contributed by atoms with Crippen molar-refractivity contribution in [2.75, 3.05) is 6.56 Å². The molecular formula is C9H19NO3. The summed E-state index contributed by atoms with van der Waals surface area (Å²) in [7, 11) is 0. The highest BCUT2D eigenvalue weighted by Crippen LogP contribution is 2.08. The summed E-state index contributed by atoms with van der Waals surface area (Å²) in [5, 5.41) is 11.4. The Labute approximate surface area is 82.1 Å². The van der Waals surface area contributed by atoms with Crippen molar-refractivity contribution in [1.29, 1.82) is 0 Å². The van der Waals surface area contributed by atoms with Gasteiger partial charge in [-0.05, 0) is 34.6 Å². The van der Waals surface area contributed by atoms with Crippen LogP contribution in [0.3, 0.4) is 0 Å². The molecule has 0 aliphatic carbocycles. The lowest BCUT2D eigenvalue weighted by molar-refractivity contribution is 0.0431. The average Bonchev–Trinajstić information content (AvgIpc) is 1.75. The molecule has 0 spiro atoms. The molecule has 0 fully saturated rings. The van der Waals surface area contributed by atoms with Crippen LogP contribution in [0.5, 0.6) is 0 Å². The quantitative estimate of drug-likeness (QED) is 0.691. The highest BCUT2D eigenvalue weighted by atomic mass is 16.6. The first kappa shape index (κ1) is 8.81. The Morgan fingerprint density at radius 2 is 1.92 bits per heavy atom. The van der Waals surface area contributed by atoms with Crippen molar-refractivity contribution in [2.24, 2.45) is 0 Å². The van der Waals surface area contributed by atoms with Crippen LogP contribution in [0.15, 0.2) is 0 Å². The van der Waals surface area contributed by atoms with E-state index < -0.39 is 23.8 Å². The summed E-state index contributed by atoms with van der Waals surface area (Å²) >= 11 is 0. The minimum absolute atomic E-state index is 0.650. The number of aliphatic hydroxyl groups is 1. The van der Waals surface area contributed by atoms with Gasteiger partial charge in [0.15, 0.2) is 0 Å². The molecule has 1 amide bonds. The lowest BCUT2D eigenvalue weighted by Gasteiger charge is -2.26. The van der Waals surface area contributed by atoms with Gasteiger partial charge in [-0.1, -0.05) is 0 Å². The van der Waals surface area contributed by atoms with E-state index >= 15 is 0 Å². The van der Waals surface area contributed by atoms with E-state index in [1.807, 2.05) is 0 Å². The molecule has 4 heteroatoms. The second-order valence-corrected chi connectivity index (χ2v) is 4.36. The minimum atomic E-state index is -2.51.